The van der Waals surface area contributed by atoms with Crippen molar-refractivity contribution in [3.05, 3.63) is 149 Å². The summed E-state index contributed by atoms with van der Waals surface area (Å²) in [6, 6.07) is 37.8. The lowest BCUT2D eigenvalue weighted by Gasteiger charge is -2.58. The number of thioether (sulfide) groups is 2. The number of aromatic nitrogens is 1. The summed E-state index contributed by atoms with van der Waals surface area (Å²) in [6.45, 7) is 5.09. The Kier molecular flexibility index (Phi) is 11.3. The molecule has 0 radical (unpaired) electrons. The molecule has 1 aromatic heterocycles. The maximum atomic E-state index is 14.0. The van der Waals surface area contributed by atoms with Gasteiger partial charge in [-0.3, -0.25) is 14.5 Å². The van der Waals surface area contributed by atoms with Crippen molar-refractivity contribution in [1.29, 1.82) is 0 Å². The number of aliphatic hydroxyl groups is 1. The standard InChI is InChI=1S/C42H41N5O6S3/c1-40(2,3)53-37(50)42(51)38(56-30-23-15-8-16-24-30)54-26-32-34(36(49)47(32)42)44-35(48)33(46-52-4)31-25-55-39(43-31)45-41(27-17-9-5-10-18-27,28-19-11-6-12-20-28)29-21-13-7-14-22-29/h5-25,32,34,38,51H,26H2,1-4H3,(H,43,45)(H,44,48). The fourth-order valence-corrected chi connectivity index (χ4v) is 10.6. The predicted octanol–water partition coefficient (Wildman–Crippen LogP) is 6.49. The molecule has 4 unspecified atom stereocenters. The highest BCUT2D eigenvalue weighted by molar-refractivity contribution is 8.17. The van der Waals surface area contributed by atoms with Crippen LogP contribution >= 0.6 is 34.9 Å². The van der Waals surface area contributed by atoms with E-state index in [1.807, 2.05) is 84.9 Å². The van der Waals surface area contributed by atoms with Crippen LogP contribution in [0.5, 0.6) is 0 Å². The van der Waals surface area contributed by atoms with Gasteiger partial charge in [0.05, 0.1) is 6.04 Å². The van der Waals surface area contributed by atoms with Crippen LogP contribution in [0.25, 0.3) is 0 Å². The summed E-state index contributed by atoms with van der Waals surface area (Å²) in [4.78, 5) is 53.5. The average molecular weight is 808 g/mol. The number of rotatable bonds is 12. The first kappa shape index (κ1) is 39.1. The third kappa shape index (κ3) is 7.53. The number of anilines is 1. The summed E-state index contributed by atoms with van der Waals surface area (Å²) in [5, 5.41) is 24.9. The highest BCUT2D eigenvalue weighted by Gasteiger charge is 2.67. The zero-order chi connectivity index (χ0) is 39.5. The molecule has 2 fully saturated rings. The molecule has 5 aromatic rings. The molecule has 0 aliphatic carbocycles. The Labute approximate surface area is 337 Å². The SMILES string of the molecule is CON=C(C(=O)NC1C(=O)N2C1CSC(Sc1ccccc1)C2(O)C(=O)OC(C)(C)C)c1csc(NC(c2ccccc2)(c2ccccc2)c2ccccc2)n1. The number of hydrogen-bond acceptors (Lipinski definition) is 12. The molecule has 3 N–H and O–H groups in total. The van der Waals surface area contributed by atoms with Gasteiger partial charge >= 0.3 is 5.97 Å². The van der Waals surface area contributed by atoms with Crippen molar-refractivity contribution >= 4 is 63.5 Å². The van der Waals surface area contributed by atoms with Crippen molar-refractivity contribution in [2.45, 2.75) is 59.2 Å². The van der Waals surface area contributed by atoms with E-state index in [0.29, 0.717) is 10.9 Å². The Bertz CT molecular complexity index is 2100. The van der Waals surface area contributed by atoms with Crippen LogP contribution in [0.4, 0.5) is 5.13 Å². The second-order valence-corrected chi connectivity index (χ2v) is 17.7. The number of carbonyl (C=O) groups is 3. The van der Waals surface area contributed by atoms with Crippen LogP contribution in [-0.2, 0) is 29.5 Å². The van der Waals surface area contributed by atoms with Gasteiger partial charge in [0, 0.05) is 16.0 Å². The van der Waals surface area contributed by atoms with Crippen LogP contribution in [0, 0.1) is 0 Å². The van der Waals surface area contributed by atoms with Gasteiger partial charge in [-0.15, -0.1) is 34.9 Å². The maximum Gasteiger partial charge on any atom is 0.362 e. The Morgan fingerprint density at radius 2 is 1.43 bits per heavy atom. The Morgan fingerprint density at radius 3 is 1.95 bits per heavy atom. The molecule has 7 rings (SSSR count). The molecule has 0 bridgehead atoms. The Balaban J connectivity index is 1.15. The Hall–Kier alpha value is -5.15. The van der Waals surface area contributed by atoms with Crippen molar-refractivity contribution in [1.82, 2.24) is 15.2 Å². The molecule has 4 aromatic carbocycles. The number of oxime groups is 1. The van der Waals surface area contributed by atoms with Crippen molar-refractivity contribution in [2.75, 3.05) is 18.2 Å². The molecule has 2 amide bonds. The normalized spacial score (nSPS) is 21.0. The number of fused-ring (bicyclic) bond motifs is 1. The minimum absolute atomic E-state index is 0.142. The van der Waals surface area contributed by atoms with Gasteiger partial charge in [-0.1, -0.05) is 114 Å². The van der Waals surface area contributed by atoms with E-state index in [-0.39, 0.29) is 11.4 Å². The molecule has 2 saturated heterocycles. The molecule has 0 saturated carbocycles. The summed E-state index contributed by atoms with van der Waals surface area (Å²) < 4.78 is 4.88. The molecule has 14 heteroatoms. The number of esters is 1. The summed E-state index contributed by atoms with van der Waals surface area (Å²) in [5.74, 6) is -1.91. The zero-order valence-electron chi connectivity index (χ0n) is 31.1. The van der Waals surface area contributed by atoms with E-state index in [4.69, 9.17) is 14.6 Å². The number of ether oxygens (including phenoxy) is 1. The first-order chi connectivity index (χ1) is 27.0. The van der Waals surface area contributed by atoms with E-state index in [1.165, 1.54) is 42.0 Å². The number of nitrogens with one attached hydrogen (secondary N) is 2. The molecule has 3 heterocycles. The van der Waals surface area contributed by atoms with Gasteiger partial charge in [0.25, 0.3) is 11.6 Å². The summed E-state index contributed by atoms with van der Waals surface area (Å²) >= 11 is 3.90. The molecular weight excluding hydrogens is 767 g/mol. The van der Waals surface area contributed by atoms with Gasteiger partial charge in [0.1, 0.15) is 34.6 Å². The van der Waals surface area contributed by atoms with Crippen molar-refractivity contribution in [2.24, 2.45) is 5.16 Å². The van der Waals surface area contributed by atoms with Crippen LogP contribution in [0.3, 0.4) is 0 Å². The highest BCUT2D eigenvalue weighted by atomic mass is 32.2. The number of β-lactam (4-membered cyclic amide) rings is 1. The fraction of sp³-hybridized carbons (Fsp3) is 0.262. The van der Waals surface area contributed by atoms with Crippen LogP contribution in [0.2, 0.25) is 0 Å². The molecule has 2 aliphatic rings. The molecule has 11 nitrogen and oxygen atoms in total. The van der Waals surface area contributed by atoms with Gasteiger partial charge in [-0.2, -0.15) is 0 Å². The summed E-state index contributed by atoms with van der Waals surface area (Å²) in [5.41, 5.74) is -1.07. The number of benzene rings is 4. The predicted molar refractivity (Wildman–Crippen MR) is 220 cm³/mol. The largest absolute Gasteiger partial charge is 0.456 e. The van der Waals surface area contributed by atoms with E-state index >= 15 is 0 Å². The topological polar surface area (TPSA) is 142 Å². The summed E-state index contributed by atoms with van der Waals surface area (Å²) in [7, 11) is 1.32. The third-order valence-corrected chi connectivity index (χ3v) is 13.1. The van der Waals surface area contributed by atoms with E-state index in [1.54, 1.807) is 26.2 Å². The smallest absolute Gasteiger partial charge is 0.362 e. The molecule has 288 valence electrons. The molecule has 56 heavy (non-hydrogen) atoms. The number of carbonyl (C=O) groups excluding carboxylic acids is 3. The second-order valence-electron chi connectivity index (χ2n) is 14.2. The molecule has 4 atom stereocenters. The quantitative estimate of drug-likeness (QED) is 0.0421. The molecule has 2 aliphatic heterocycles. The lowest BCUT2D eigenvalue weighted by Crippen LogP contribution is -2.83. The van der Waals surface area contributed by atoms with Gasteiger partial charge < -0.3 is 25.3 Å². The van der Waals surface area contributed by atoms with Gasteiger partial charge in [0.2, 0.25) is 5.91 Å². The van der Waals surface area contributed by atoms with Crippen molar-refractivity contribution < 1.29 is 29.1 Å². The Morgan fingerprint density at radius 1 is 0.893 bits per heavy atom. The van der Waals surface area contributed by atoms with Crippen LogP contribution in [0.15, 0.2) is 137 Å². The van der Waals surface area contributed by atoms with Crippen LogP contribution in [-0.4, -0.2) is 79.3 Å². The number of amides is 2. The fourth-order valence-electron chi connectivity index (χ4n) is 6.88. The van der Waals surface area contributed by atoms with Gasteiger partial charge in [-0.05, 0) is 49.6 Å². The van der Waals surface area contributed by atoms with E-state index in [9.17, 15) is 19.5 Å². The number of thiazole rings is 1. The minimum Gasteiger partial charge on any atom is -0.456 e. The van der Waals surface area contributed by atoms with Gasteiger partial charge in [0.15, 0.2) is 10.8 Å². The lowest BCUT2D eigenvalue weighted by atomic mass is 9.77. The molecule has 0 spiro atoms. The van der Waals surface area contributed by atoms with Crippen molar-refractivity contribution in [3.8, 4) is 0 Å². The first-order valence-electron chi connectivity index (χ1n) is 17.9. The van der Waals surface area contributed by atoms with Gasteiger partial charge in [-0.25, -0.2) is 9.78 Å². The first-order valence-corrected chi connectivity index (χ1v) is 20.7. The minimum atomic E-state index is -2.30. The third-order valence-electron chi connectivity index (χ3n) is 9.37. The van der Waals surface area contributed by atoms with Crippen LogP contribution in [0.1, 0.15) is 43.2 Å². The van der Waals surface area contributed by atoms with Crippen molar-refractivity contribution in [3.63, 3.8) is 0 Å². The highest BCUT2D eigenvalue weighted by Crippen LogP contribution is 2.49. The average Bonchev–Trinajstić information content (AvgIpc) is 3.67. The number of nitrogens with zero attached hydrogens (tertiary/aromatic N) is 3. The maximum absolute atomic E-state index is 14.0. The zero-order valence-corrected chi connectivity index (χ0v) is 33.6. The monoisotopic (exact) mass is 807 g/mol. The second kappa shape index (κ2) is 16.1. The molecular formula is C42H41N5O6S3. The van der Waals surface area contributed by atoms with E-state index < -0.39 is 51.3 Å². The lowest BCUT2D eigenvalue weighted by molar-refractivity contribution is -0.217. The van der Waals surface area contributed by atoms with Crippen LogP contribution < -0.4 is 10.6 Å². The van der Waals surface area contributed by atoms with E-state index in [0.717, 1.165) is 26.5 Å². The van der Waals surface area contributed by atoms with E-state index in [2.05, 4.69) is 52.2 Å². The summed E-state index contributed by atoms with van der Waals surface area (Å²) in [6.07, 6.45) is 0. The number of hydrogen-bond donors (Lipinski definition) is 3.